The first-order chi connectivity index (χ1) is 9.68. The molecule has 112 valence electrons. The van der Waals surface area contributed by atoms with Gasteiger partial charge in [-0.3, -0.25) is 4.72 Å². The van der Waals surface area contributed by atoms with Crippen LogP contribution in [0, 0.1) is 6.92 Å². The molecule has 2 aromatic carbocycles. The average Bonchev–Trinajstić information content (AvgIpc) is 2.40. The van der Waals surface area contributed by atoms with Crippen LogP contribution in [0.1, 0.15) is 5.56 Å². The Bertz CT molecular complexity index is 857. The molecular formula is C13H14N2O4S2. The lowest BCUT2D eigenvalue weighted by molar-refractivity contribution is 0.597. The maximum atomic E-state index is 12.2. The topological polar surface area (TPSA) is 106 Å². The summed E-state index contributed by atoms with van der Waals surface area (Å²) in [6, 6.07) is 11.6. The van der Waals surface area contributed by atoms with Crippen LogP contribution in [0.5, 0.6) is 0 Å². The number of rotatable bonds is 4. The fraction of sp³-hybridized carbons (Fsp3) is 0.0769. The van der Waals surface area contributed by atoms with Crippen molar-refractivity contribution < 1.29 is 16.8 Å². The minimum absolute atomic E-state index is 0.172. The van der Waals surface area contributed by atoms with Crippen molar-refractivity contribution in [1.29, 1.82) is 0 Å². The summed E-state index contributed by atoms with van der Waals surface area (Å²) in [6.07, 6.45) is 0. The maximum Gasteiger partial charge on any atom is 0.261 e. The Labute approximate surface area is 123 Å². The molecule has 6 nitrogen and oxygen atoms in total. The van der Waals surface area contributed by atoms with Crippen LogP contribution < -0.4 is 9.86 Å². The molecule has 21 heavy (non-hydrogen) atoms. The van der Waals surface area contributed by atoms with Gasteiger partial charge in [-0.05, 0) is 37.3 Å². The average molecular weight is 326 g/mol. The number of nitrogens with two attached hydrogens (primary N) is 1. The summed E-state index contributed by atoms with van der Waals surface area (Å²) >= 11 is 0. The van der Waals surface area contributed by atoms with Crippen LogP contribution in [0.25, 0.3) is 0 Å². The highest BCUT2D eigenvalue weighted by Crippen LogP contribution is 2.19. The second kappa shape index (κ2) is 5.47. The number of hydrogen-bond acceptors (Lipinski definition) is 4. The van der Waals surface area contributed by atoms with E-state index in [4.69, 9.17) is 5.14 Å². The third-order valence-corrected chi connectivity index (χ3v) is 5.04. The highest BCUT2D eigenvalue weighted by atomic mass is 32.2. The van der Waals surface area contributed by atoms with Crippen molar-refractivity contribution in [1.82, 2.24) is 0 Å². The van der Waals surface area contributed by atoms with Crippen LogP contribution >= 0.6 is 0 Å². The molecule has 0 unspecified atom stereocenters. The van der Waals surface area contributed by atoms with Crippen LogP contribution in [0.4, 0.5) is 5.69 Å². The predicted octanol–water partition coefficient (Wildman–Crippen LogP) is 1.44. The first-order valence-corrected chi connectivity index (χ1v) is 8.94. The van der Waals surface area contributed by atoms with E-state index in [0.717, 1.165) is 11.6 Å². The van der Waals surface area contributed by atoms with Crippen molar-refractivity contribution in [2.75, 3.05) is 4.72 Å². The summed E-state index contributed by atoms with van der Waals surface area (Å²) < 4.78 is 49.4. The Kier molecular flexibility index (Phi) is 4.04. The Morgan fingerprint density at radius 3 is 2.05 bits per heavy atom. The molecule has 3 N–H and O–H groups in total. The van der Waals surface area contributed by atoms with Crippen LogP contribution in [0.2, 0.25) is 0 Å². The summed E-state index contributed by atoms with van der Waals surface area (Å²) in [4.78, 5) is -0.427. The Hall–Kier alpha value is -1.90. The lowest BCUT2D eigenvalue weighted by Crippen LogP contribution is -2.16. The molecule has 0 aliphatic heterocycles. The molecule has 0 aliphatic rings. The van der Waals surface area contributed by atoms with Crippen molar-refractivity contribution in [2.45, 2.75) is 16.7 Å². The lowest BCUT2D eigenvalue weighted by Gasteiger charge is -2.09. The second-order valence-corrected chi connectivity index (χ2v) is 7.74. The number of aryl methyl sites for hydroxylation is 1. The standard InChI is InChI=1S/C13H14N2O4S2/c1-10-5-7-11(8-6-10)15-21(18,19)13-4-2-3-12(9-13)20(14,16)17/h2-9,15H,1H3,(H2,14,16,17). The van der Waals surface area contributed by atoms with Gasteiger partial charge in [0.2, 0.25) is 10.0 Å². The molecule has 0 heterocycles. The number of benzene rings is 2. The van der Waals surface area contributed by atoms with Crippen molar-refractivity contribution in [2.24, 2.45) is 5.14 Å². The quantitative estimate of drug-likeness (QED) is 0.886. The van der Waals surface area contributed by atoms with Gasteiger partial charge in [0.05, 0.1) is 9.79 Å². The van der Waals surface area contributed by atoms with E-state index >= 15 is 0 Å². The molecule has 2 rings (SSSR count). The largest absolute Gasteiger partial charge is 0.280 e. The highest BCUT2D eigenvalue weighted by Gasteiger charge is 2.17. The van der Waals surface area contributed by atoms with Gasteiger partial charge in [0.1, 0.15) is 0 Å². The molecule has 0 radical (unpaired) electrons. The molecule has 0 bridgehead atoms. The fourth-order valence-corrected chi connectivity index (χ4v) is 3.39. The minimum atomic E-state index is -3.96. The van der Waals surface area contributed by atoms with Crippen molar-refractivity contribution in [3.05, 3.63) is 54.1 Å². The maximum absolute atomic E-state index is 12.2. The summed E-state index contributed by atoms with van der Waals surface area (Å²) in [5.74, 6) is 0. The number of sulfonamides is 2. The smallest absolute Gasteiger partial charge is 0.261 e. The summed E-state index contributed by atoms with van der Waals surface area (Å²) in [6.45, 7) is 1.88. The molecule has 0 saturated carbocycles. The normalized spacial score (nSPS) is 12.1. The number of nitrogens with one attached hydrogen (secondary N) is 1. The summed E-state index contributed by atoms with van der Waals surface area (Å²) in [5.41, 5.74) is 1.38. The molecule has 0 saturated heterocycles. The first-order valence-electron chi connectivity index (χ1n) is 5.91. The molecule has 0 fully saturated rings. The monoisotopic (exact) mass is 326 g/mol. The van der Waals surface area contributed by atoms with Gasteiger partial charge in [0.25, 0.3) is 10.0 Å². The first kappa shape index (κ1) is 15.5. The van der Waals surface area contributed by atoms with Gasteiger partial charge in [0.15, 0.2) is 0 Å². The SMILES string of the molecule is Cc1ccc(NS(=O)(=O)c2cccc(S(N)(=O)=O)c2)cc1. The lowest BCUT2D eigenvalue weighted by atomic mass is 10.2. The van der Waals surface area contributed by atoms with Gasteiger partial charge in [0, 0.05) is 5.69 Å². The zero-order valence-corrected chi connectivity index (χ0v) is 12.8. The second-order valence-electron chi connectivity index (χ2n) is 4.49. The Morgan fingerprint density at radius 1 is 0.905 bits per heavy atom. The zero-order valence-electron chi connectivity index (χ0n) is 11.1. The van der Waals surface area contributed by atoms with Gasteiger partial charge in [-0.25, -0.2) is 22.0 Å². The Morgan fingerprint density at radius 2 is 1.48 bits per heavy atom. The molecule has 8 heteroatoms. The van der Waals surface area contributed by atoms with E-state index in [0.29, 0.717) is 5.69 Å². The third kappa shape index (κ3) is 3.81. The van der Waals surface area contributed by atoms with E-state index in [2.05, 4.69) is 4.72 Å². The van der Waals surface area contributed by atoms with Crippen molar-refractivity contribution in [3.63, 3.8) is 0 Å². The number of hydrogen-bond donors (Lipinski definition) is 2. The van der Waals surface area contributed by atoms with E-state index in [1.54, 1.807) is 24.3 Å². The number of anilines is 1. The van der Waals surface area contributed by atoms with Crippen molar-refractivity contribution in [3.8, 4) is 0 Å². The zero-order chi connectivity index (χ0) is 15.7. The minimum Gasteiger partial charge on any atom is -0.280 e. The van der Waals surface area contributed by atoms with Crippen molar-refractivity contribution >= 4 is 25.7 Å². The Balaban J connectivity index is 2.38. The van der Waals surface area contributed by atoms with Crippen LogP contribution in [-0.2, 0) is 20.0 Å². The molecular weight excluding hydrogens is 312 g/mol. The van der Waals surface area contributed by atoms with E-state index in [-0.39, 0.29) is 9.79 Å². The van der Waals surface area contributed by atoms with Crippen LogP contribution in [0.3, 0.4) is 0 Å². The number of primary sulfonamides is 1. The summed E-state index contributed by atoms with van der Waals surface area (Å²) in [7, 11) is -7.84. The van der Waals surface area contributed by atoms with Crippen LogP contribution in [-0.4, -0.2) is 16.8 Å². The molecule has 0 spiro atoms. The van der Waals surface area contributed by atoms with Gasteiger partial charge in [-0.1, -0.05) is 23.8 Å². The van der Waals surface area contributed by atoms with E-state index in [1.807, 2.05) is 6.92 Å². The van der Waals surface area contributed by atoms with Gasteiger partial charge < -0.3 is 0 Å². The van der Waals surface area contributed by atoms with Gasteiger partial charge >= 0.3 is 0 Å². The van der Waals surface area contributed by atoms with E-state index in [9.17, 15) is 16.8 Å². The molecule has 2 aromatic rings. The molecule has 0 aliphatic carbocycles. The fourth-order valence-electron chi connectivity index (χ4n) is 1.65. The molecule has 0 amide bonds. The highest BCUT2D eigenvalue weighted by molar-refractivity contribution is 7.93. The van der Waals surface area contributed by atoms with E-state index in [1.165, 1.54) is 18.2 Å². The van der Waals surface area contributed by atoms with Gasteiger partial charge in [-0.15, -0.1) is 0 Å². The van der Waals surface area contributed by atoms with Gasteiger partial charge in [-0.2, -0.15) is 0 Å². The predicted molar refractivity (Wildman–Crippen MR) is 79.8 cm³/mol. The van der Waals surface area contributed by atoms with Crippen LogP contribution in [0.15, 0.2) is 58.3 Å². The van der Waals surface area contributed by atoms with E-state index < -0.39 is 20.0 Å². The molecule has 0 aromatic heterocycles. The third-order valence-electron chi connectivity index (χ3n) is 2.75. The molecule has 0 atom stereocenters. The summed E-state index contributed by atoms with van der Waals surface area (Å²) in [5, 5.41) is 5.00.